The summed E-state index contributed by atoms with van der Waals surface area (Å²) in [5.74, 6) is -0.636. The number of benzene rings is 3. The molecule has 4 aromatic rings. The van der Waals surface area contributed by atoms with Gasteiger partial charge in [0.15, 0.2) is 0 Å². The van der Waals surface area contributed by atoms with E-state index in [0.717, 1.165) is 26.8 Å². The number of amides is 1. The number of carbonyl (C=O) groups excluding carboxylic acids is 1. The molecular weight excluding hydrogens is 401 g/mol. The number of ether oxygens (including phenoxy) is 1. The van der Waals surface area contributed by atoms with Crippen molar-refractivity contribution in [1.82, 2.24) is 14.7 Å². The Morgan fingerprint density at radius 2 is 1.81 bits per heavy atom. The summed E-state index contributed by atoms with van der Waals surface area (Å²) >= 11 is 0. The fourth-order valence-corrected chi connectivity index (χ4v) is 3.22. The van der Waals surface area contributed by atoms with Gasteiger partial charge in [-0.1, -0.05) is 18.2 Å². The van der Waals surface area contributed by atoms with Gasteiger partial charge in [-0.05, 0) is 58.8 Å². The van der Waals surface area contributed by atoms with E-state index in [1.54, 1.807) is 14.2 Å². The van der Waals surface area contributed by atoms with E-state index >= 15 is 0 Å². The average molecular weight is 421 g/mol. The van der Waals surface area contributed by atoms with Crippen LogP contribution in [0.5, 0.6) is 5.75 Å². The van der Waals surface area contributed by atoms with Crippen LogP contribution in [0.4, 0.5) is 4.39 Å². The third-order valence-corrected chi connectivity index (χ3v) is 4.94. The van der Waals surface area contributed by atoms with Crippen LogP contribution in [0.2, 0.25) is 0 Å². The van der Waals surface area contributed by atoms with Crippen molar-refractivity contribution in [1.29, 1.82) is 0 Å². The van der Waals surface area contributed by atoms with Crippen molar-refractivity contribution in [3.63, 3.8) is 0 Å². The highest BCUT2D eigenvalue weighted by Gasteiger charge is 2.16. The fraction of sp³-hybridized carbons (Fsp3) is 0.174. The molecule has 0 bridgehead atoms. The predicted molar refractivity (Wildman–Crippen MR) is 113 cm³/mol. The van der Waals surface area contributed by atoms with Crippen LogP contribution < -0.4 is 10.5 Å². The van der Waals surface area contributed by atoms with Gasteiger partial charge < -0.3 is 14.1 Å². The molecule has 1 aromatic heterocycles. The Labute approximate surface area is 177 Å². The summed E-state index contributed by atoms with van der Waals surface area (Å²) in [6.45, 7) is 0.114. The van der Waals surface area contributed by atoms with Crippen LogP contribution in [-0.4, -0.2) is 34.7 Å². The molecule has 0 aliphatic rings. The van der Waals surface area contributed by atoms with Crippen molar-refractivity contribution in [2.45, 2.75) is 13.1 Å². The number of halogens is 1. The molecule has 4 rings (SSSR count). The van der Waals surface area contributed by atoms with Crippen LogP contribution in [0.1, 0.15) is 5.56 Å². The molecule has 1 heterocycles. The molecule has 0 saturated carbocycles. The molecule has 0 saturated heterocycles. The second kappa shape index (κ2) is 8.43. The van der Waals surface area contributed by atoms with E-state index in [2.05, 4.69) is 5.10 Å². The molecule has 0 spiro atoms. The Bertz CT molecular complexity index is 1290. The smallest absolute Gasteiger partial charge is 0.437 e. The van der Waals surface area contributed by atoms with Crippen LogP contribution in [0.3, 0.4) is 0 Å². The van der Waals surface area contributed by atoms with Gasteiger partial charge in [0, 0.05) is 19.2 Å². The zero-order valence-electron chi connectivity index (χ0n) is 17.0. The molecule has 7 nitrogen and oxygen atoms in total. The number of hydrogen-bond acceptors (Lipinski definition) is 5. The lowest BCUT2D eigenvalue weighted by molar-refractivity contribution is -0.131. The number of methoxy groups -OCH3 is 1. The minimum atomic E-state index is -0.749. The molecule has 1 amide bonds. The summed E-state index contributed by atoms with van der Waals surface area (Å²) in [7, 11) is 3.28. The lowest BCUT2D eigenvalue weighted by Gasteiger charge is -2.17. The van der Waals surface area contributed by atoms with E-state index in [1.807, 2.05) is 36.4 Å². The predicted octanol–water partition coefficient (Wildman–Crippen LogP) is 3.46. The summed E-state index contributed by atoms with van der Waals surface area (Å²) in [5.41, 5.74) is 1.40. The summed E-state index contributed by atoms with van der Waals surface area (Å²) < 4.78 is 24.4. The number of rotatable bonds is 6. The molecule has 0 atom stereocenters. The number of aromatic nitrogens is 2. The van der Waals surface area contributed by atoms with Crippen molar-refractivity contribution in [3.05, 3.63) is 82.6 Å². The summed E-state index contributed by atoms with van der Waals surface area (Å²) in [6.07, 6.45) is 0. The molecule has 158 valence electrons. The number of hydrogen-bond donors (Lipinski definition) is 0. The third-order valence-electron chi connectivity index (χ3n) is 4.94. The van der Waals surface area contributed by atoms with Crippen LogP contribution >= 0.6 is 0 Å². The number of likely N-dealkylation sites (N-methyl/N-ethyl adjacent to an activating group) is 1. The normalized spacial score (nSPS) is 10.9. The Morgan fingerprint density at radius 3 is 2.55 bits per heavy atom. The molecule has 0 unspecified atom stereocenters. The maximum atomic E-state index is 13.1. The second-order valence-electron chi connectivity index (χ2n) is 7.13. The summed E-state index contributed by atoms with van der Waals surface area (Å²) in [5, 5.41) is 6.13. The topological polar surface area (TPSA) is 77.6 Å². The van der Waals surface area contributed by atoms with Crippen LogP contribution in [0, 0.1) is 5.82 Å². The molecule has 31 heavy (non-hydrogen) atoms. The largest absolute Gasteiger partial charge is 0.497 e. The van der Waals surface area contributed by atoms with E-state index in [1.165, 1.54) is 29.2 Å². The van der Waals surface area contributed by atoms with E-state index in [9.17, 15) is 14.0 Å². The summed E-state index contributed by atoms with van der Waals surface area (Å²) in [6, 6.07) is 17.1. The molecular formula is C23H20FN3O4. The second-order valence-corrected chi connectivity index (χ2v) is 7.13. The Morgan fingerprint density at radius 1 is 1.10 bits per heavy atom. The maximum absolute atomic E-state index is 13.1. The van der Waals surface area contributed by atoms with Crippen molar-refractivity contribution in [2.24, 2.45) is 0 Å². The first-order valence-corrected chi connectivity index (χ1v) is 9.57. The standard InChI is InChI=1S/C23H20FN3O4/c1-26(13-15-3-4-18-12-20(30-2)10-7-17(18)11-15)21(28)14-27-23(29)31-22(25-27)16-5-8-19(24)9-6-16/h3-12H,13-14H2,1-2H3. The van der Waals surface area contributed by atoms with Gasteiger partial charge in [0.05, 0.1) is 7.11 Å². The average Bonchev–Trinajstić information content (AvgIpc) is 3.13. The lowest BCUT2D eigenvalue weighted by Crippen LogP contribution is -2.33. The first-order valence-electron chi connectivity index (χ1n) is 9.57. The fourth-order valence-electron chi connectivity index (χ4n) is 3.22. The number of carbonyl (C=O) groups is 1. The van der Waals surface area contributed by atoms with E-state index in [-0.39, 0.29) is 18.3 Å². The molecule has 0 aliphatic carbocycles. The zero-order valence-corrected chi connectivity index (χ0v) is 17.0. The molecule has 8 heteroatoms. The van der Waals surface area contributed by atoms with Crippen LogP contribution in [-0.2, 0) is 17.9 Å². The Balaban J connectivity index is 1.46. The van der Waals surface area contributed by atoms with E-state index in [0.29, 0.717) is 12.1 Å². The van der Waals surface area contributed by atoms with Crippen LogP contribution in [0.25, 0.3) is 22.2 Å². The van der Waals surface area contributed by atoms with Crippen molar-refractivity contribution < 1.29 is 18.3 Å². The zero-order chi connectivity index (χ0) is 22.0. The Kier molecular flexibility index (Phi) is 5.53. The van der Waals surface area contributed by atoms with Gasteiger partial charge in [0.1, 0.15) is 18.1 Å². The van der Waals surface area contributed by atoms with E-state index < -0.39 is 11.6 Å². The maximum Gasteiger partial charge on any atom is 0.437 e. The molecule has 3 aromatic carbocycles. The van der Waals surface area contributed by atoms with Crippen molar-refractivity contribution in [2.75, 3.05) is 14.2 Å². The number of fused-ring (bicyclic) bond motifs is 1. The first-order chi connectivity index (χ1) is 14.9. The van der Waals surface area contributed by atoms with Gasteiger partial charge in [0.25, 0.3) is 0 Å². The van der Waals surface area contributed by atoms with Gasteiger partial charge >= 0.3 is 5.76 Å². The van der Waals surface area contributed by atoms with Gasteiger partial charge in [-0.2, -0.15) is 4.68 Å². The van der Waals surface area contributed by atoms with Gasteiger partial charge in [-0.25, -0.2) is 9.18 Å². The minimum Gasteiger partial charge on any atom is -0.497 e. The molecule has 0 radical (unpaired) electrons. The lowest BCUT2D eigenvalue weighted by atomic mass is 10.1. The van der Waals surface area contributed by atoms with Gasteiger partial charge in [-0.3, -0.25) is 4.79 Å². The highest BCUT2D eigenvalue weighted by Crippen LogP contribution is 2.22. The summed E-state index contributed by atoms with van der Waals surface area (Å²) in [4.78, 5) is 26.2. The molecule has 0 N–H and O–H groups in total. The van der Waals surface area contributed by atoms with Crippen molar-refractivity contribution in [3.8, 4) is 17.2 Å². The SMILES string of the molecule is COc1ccc2cc(CN(C)C(=O)Cn3nc(-c4ccc(F)cc4)oc3=O)ccc2c1. The van der Waals surface area contributed by atoms with Crippen molar-refractivity contribution >= 4 is 16.7 Å². The minimum absolute atomic E-state index is 0.0328. The quantitative estimate of drug-likeness (QED) is 0.477. The van der Waals surface area contributed by atoms with Crippen LogP contribution in [0.15, 0.2) is 69.9 Å². The van der Waals surface area contributed by atoms with E-state index in [4.69, 9.17) is 9.15 Å². The highest BCUT2D eigenvalue weighted by molar-refractivity contribution is 5.84. The monoisotopic (exact) mass is 421 g/mol. The highest BCUT2D eigenvalue weighted by atomic mass is 19.1. The van der Waals surface area contributed by atoms with Gasteiger partial charge in [0.2, 0.25) is 11.8 Å². The molecule has 0 aliphatic heterocycles. The number of nitrogens with zero attached hydrogens (tertiary/aromatic N) is 3. The Hall–Kier alpha value is -3.94. The third kappa shape index (κ3) is 4.48. The molecule has 0 fully saturated rings. The first kappa shape index (κ1) is 20.3. The van der Waals surface area contributed by atoms with Gasteiger partial charge in [-0.15, -0.1) is 5.10 Å².